The Balaban J connectivity index is 6.92. The van der Waals surface area contributed by atoms with Crippen molar-refractivity contribution in [1.29, 1.82) is 31.6 Å². The maximum absolute atomic E-state index is 8.58. The van der Waals surface area contributed by atoms with Crippen LogP contribution < -0.4 is 0 Å². The van der Waals surface area contributed by atoms with Gasteiger partial charge < -0.3 is 0 Å². The van der Waals surface area contributed by atoms with Crippen molar-refractivity contribution in [2.24, 2.45) is 0 Å². The predicted octanol–water partition coefficient (Wildman–Crippen LogP) is 0.0982. The van der Waals surface area contributed by atoms with E-state index in [9.17, 15) is 0 Å². The minimum atomic E-state index is -6.30. The van der Waals surface area contributed by atoms with Crippen LogP contribution in [-0.2, 0) is 10.7 Å². The van der Waals surface area contributed by atoms with Gasteiger partial charge in [0.2, 0.25) is 0 Å². The molecule has 0 atom stereocenters. The van der Waals surface area contributed by atoms with E-state index in [0.717, 1.165) is 29.8 Å². The van der Waals surface area contributed by atoms with Crippen LogP contribution in [0, 0.1) is 61.4 Å². The first-order chi connectivity index (χ1) is 5.97. The third-order valence-electron chi connectivity index (χ3n) is 1.27. The first kappa shape index (κ1) is 10.5. The Hall–Kier alpha value is -2.54. The molecule has 13 heavy (non-hydrogen) atoms. The van der Waals surface area contributed by atoms with Crippen molar-refractivity contribution in [2.75, 3.05) is 0 Å². The van der Waals surface area contributed by atoms with Crippen molar-refractivity contribution in [2.45, 2.75) is 0 Å². The summed E-state index contributed by atoms with van der Waals surface area (Å²) in [6.07, 6.45) is 0. The van der Waals surface area contributed by atoms with Crippen molar-refractivity contribution in [3.63, 3.8) is 0 Å². The molecule has 0 aromatic carbocycles. The van der Waals surface area contributed by atoms with Gasteiger partial charge in [-0.2, -0.15) is 0 Å². The number of hydrogen-bond acceptors (Lipinski definition) is 6. The van der Waals surface area contributed by atoms with Crippen molar-refractivity contribution in [3.8, 4) is 29.8 Å². The van der Waals surface area contributed by atoms with Gasteiger partial charge in [0.15, 0.2) is 0 Å². The van der Waals surface area contributed by atoms with Gasteiger partial charge in [-0.05, 0) is 0 Å². The summed E-state index contributed by atoms with van der Waals surface area (Å²) in [5.41, 5.74) is 0. The van der Waals surface area contributed by atoms with Gasteiger partial charge in [-0.1, -0.05) is 0 Å². The molecular formula is C6MnN6-4. The molecule has 0 heterocycles. The Bertz CT molecular complexity index is 387. The van der Waals surface area contributed by atoms with Crippen LogP contribution in [0.3, 0.4) is 0 Å². The molecule has 0 amide bonds. The van der Waals surface area contributed by atoms with Crippen LogP contribution in [0.5, 0.6) is 0 Å². The standard InChI is InChI=1S/6CN.Mn/c6*1-2;/q;;;;;;-4. The monoisotopic (exact) mass is 211 g/mol. The molecule has 0 radical (unpaired) electrons. The van der Waals surface area contributed by atoms with Crippen LogP contribution in [0.4, 0.5) is 0 Å². The van der Waals surface area contributed by atoms with Crippen LogP contribution in [0.2, 0.25) is 0 Å². The van der Waals surface area contributed by atoms with E-state index in [1.54, 1.807) is 0 Å². The third-order valence-corrected chi connectivity index (χ3v) is 5.23. The summed E-state index contributed by atoms with van der Waals surface area (Å²) in [5.74, 6) is 0. The molecule has 0 saturated heterocycles. The Kier molecular flexibility index (Phi) is 1.60. The number of nitrogens with zero attached hydrogens (tertiary/aromatic N) is 6. The van der Waals surface area contributed by atoms with E-state index < -0.39 is 10.7 Å². The fraction of sp³-hybridized carbons (Fsp3) is 0. The number of hydrogen-bond donors (Lipinski definition) is 0. The zero-order chi connectivity index (χ0) is 10.7. The average Bonchev–Trinajstić information content (AvgIpc) is 2.26. The molecular weight excluding hydrogens is 211 g/mol. The average molecular weight is 211 g/mol. The second-order valence-electron chi connectivity index (χ2n) is 1.92. The molecule has 0 rings (SSSR count). The number of rotatable bonds is 0. The summed E-state index contributed by atoms with van der Waals surface area (Å²) < 4.78 is 0. The van der Waals surface area contributed by atoms with Gasteiger partial charge in [-0.25, -0.2) is 0 Å². The molecule has 0 saturated carbocycles. The number of nitriles is 6. The van der Waals surface area contributed by atoms with E-state index >= 15 is 0 Å². The second kappa shape index (κ2) is 1.99. The van der Waals surface area contributed by atoms with Crippen molar-refractivity contribution >= 4 is 0 Å². The predicted molar refractivity (Wildman–Crippen MR) is 33.7 cm³/mol. The Labute approximate surface area is 72.6 Å². The molecule has 0 aliphatic heterocycles. The molecule has 0 bridgehead atoms. The van der Waals surface area contributed by atoms with Crippen LogP contribution in [0.1, 0.15) is 0 Å². The molecule has 0 aliphatic rings. The molecule has 7 heteroatoms. The molecule has 0 fully saturated rings. The topological polar surface area (TPSA) is 143 Å². The van der Waals surface area contributed by atoms with E-state index in [-0.39, 0.29) is 0 Å². The zero-order valence-corrected chi connectivity index (χ0v) is 7.24. The molecule has 6 nitrogen and oxygen atoms in total. The van der Waals surface area contributed by atoms with E-state index in [1.165, 1.54) is 0 Å². The summed E-state index contributed by atoms with van der Waals surface area (Å²) in [4.78, 5) is 6.25. The summed E-state index contributed by atoms with van der Waals surface area (Å²) in [7, 11) is -6.30. The fourth-order valence-corrected chi connectivity index (χ4v) is 1.17. The van der Waals surface area contributed by atoms with Crippen LogP contribution in [-0.4, -0.2) is 0 Å². The molecule has 0 N–H and O–H groups in total. The molecule has 0 aromatic heterocycles. The fourth-order valence-electron chi connectivity index (χ4n) is 0.283. The van der Waals surface area contributed by atoms with Crippen LogP contribution >= 0.6 is 0 Å². The molecule has 0 aromatic rings. The van der Waals surface area contributed by atoms with Gasteiger partial charge in [-0.3, -0.25) is 0 Å². The van der Waals surface area contributed by atoms with Crippen molar-refractivity contribution < 1.29 is 10.7 Å². The third kappa shape index (κ3) is 0.698. The van der Waals surface area contributed by atoms with Gasteiger partial charge in [0.05, 0.1) is 0 Å². The second-order valence-corrected chi connectivity index (χ2v) is 7.93. The summed E-state index contributed by atoms with van der Waals surface area (Å²) in [6, 6.07) is 0. The van der Waals surface area contributed by atoms with E-state index in [2.05, 4.69) is 0 Å². The van der Waals surface area contributed by atoms with Crippen LogP contribution in [0.15, 0.2) is 0 Å². The zero-order valence-electron chi connectivity index (χ0n) is 6.06. The van der Waals surface area contributed by atoms with Gasteiger partial charge in [0, 0.05) is 0 Å². The Morgan fingerprint density at radius 2 is 0.615 bits per heavy atom. The molecule has 65 valence electrons. The van der Waals surface area contributed by atoms with E-state index in [4.69, 9.17) is 31.6 Å². The Morgan fingerprint density at radius 3 is 0.615 bits per heavy atom. The molecule has 0 spiro atoms. The maximum atomic E-state index is 8.58. The van der Waals surface area contributed by atoms with Gasteiger partial charge in [0.25, 0.3) is 0 Å². The van der Waals surface area contributed by atoms with Gasteiger partial charge in [0.1, 0.15) is 0 Å². The van der Waals surface area contributed by atoms with Gasteiger partial charge in [-0.15, -0.1) is 0 Å². The first-order valence-corrected chi connectivity index (χ1v) is 6.02. The van der Waals surface area contributed by atoms with Gasteiger partial charge >= 0.3 is 72.1 Å². The quantitative estimate of drug-likeness (QED) is 0.519. The van der Waals surface area contributed by atoms with Crippen molar-refractivity contribution in [3.05, 3.63) is 0 Å². The summed E-state index contributed by atoms with van der Waals surface area (Å²) >= 11 is 0. The first-order valence-electron chi connectivity index (χ1n) is 2.48. The SMILES string of the molecule is N#[C][Mn-4]([C]#N)([C]#N)([C]#N)([C]#N)[C]#N. The van der Waals surface area contributed by atoms with E-state index in [0.29, 0.717) is 0 Å². The van der Waals surface area contributed by atoms with Crippen LogP contribution in [0.25, 0.3) is 0 Å². The van der Waals surface area contributed by atoms with E-state index in [1.807, 2.05) is 0 Å². The molecule has 0 unspecified atom stereocenters. The summed E-state index contributed by atoms with van der Waals surface area (Å²) in [5, 5.41) is 51.5. The molecule has 0 aliphatic carbocycles. The minimum absolute atomic E-state index is 1.04. The Morgan fingerprint density at radius 1 is 0.462 bits per heavy atom. The normalized spacial score (nSPS) is 13.4. The summed E-state index contributed by atoms with van der Waals surface area (Å²) in [6.45, 7) is 0. The van der Waals surface area contributed by atoms with Crippen molar-refractivity contribution in [1.82, 2.24) is 0 Å².